The Balaban J connectivity index is 1.69. The minimum absolute atomic E-state index is 0.297. The summed E-state index contributed by atoms with van der Waals surface area (Å²) in [7, 11) is 0. The first-order valence-electron chi connectivity index (χ1n) is 6.54. The van der Waals surface area contributed by atoms with Crippen LogP contribution in [0.3, 0.4) is 0 Å². The first-order valence-corrected chi connectivity index (χ1v) is 7.59. The summed E-state index contributed by atoms with van der Waals surface area (Å²) in [5.41, 5.74) is 0.521. The molecule has 2 aliphatic rings. The minimum atomic E-state index is -0.784. The molecule has 2 N–H and O–H groups in total. The lowest BCUT2D eigenvalue weighted by Crippen LogP contribution is -2.55. The Bertz CT molecular complexity index is 502. The van der Waals surface area contributed by atoms with Gasteiger partial charge in [-0.05, 0) is 23.8 Å². The number of nitrogens with one attached hydrogen (secondary N) is 1. The lowest BCUT2D eigenvalue weighted by atomic mass is 9.97. The van der Waals surface area contributed by atoms with E-state index in [2.05, 4.69) is 17.4 Å². The fourth-order valence-corrected chi connectivity index (χ4v) is 3.59. The molecule has 1 saturated carbocycles. The van der Waals surface area contributed by atoms with Crippen LogP contribution in [0.25, 0.3) is 0 Å². The summed E-state index contributed by atoms with van der Waals surface area (Å²) in [6.07, 6.45) is 3.57. The molecule has 1 aromatic rings. The van der Waals surface area contributed by atoms with Crippen LogP contribution in [0.15, 0.2) is 41.8 Å². The highest BCUT2D eigenvalue weighted by Crippen LogP contribution is 2.42. The van der Waals surface area contributed by atoms with Crippen molar-refractivity contribution in [2.45, 2.75) is 30.3 Å². The molecule has 1 heterocycles. The van der Waals surface area contributed by atoms with Gasteiger partial charge in [0.25, 0.3) is 0 Å². The van der Waals surface area contributed by atoms with Gasteiger partial charge in [-0.15, -0.1) is 11.8 Å². The Hall–Kier alpha value is -1.26. The van der Waals surface area contributed by atoms with Crippen molar-refractivity contribution in [3.63, 3.8) is 0 Å². The van der Waals surface area contributed by atoms with Gasteiger partial charge in [-0.1, -0.05) is 36.4 Å². The third-order valence-corrected chi connectivity index (χ3v) is 4.92. The number of carboxylic acids is 1. The summed E-state index contributed by atoms with van der Waals surface area (Å²) < 4.78 is 0. The predicted molar refractivity (Wildman–Crippen MR) is 77.3 cm³/mol. The van der Waals surface area contributed by atoms with Gasteiger partial charge >= 0.3 is 5.97 Å². The minimum Gasteiger partial charge on any atom is -0.480 e. The highest BCUT2D eigenvalue weighted by atomic mass is 32.2. The summed E-state index contributed by atoms with van der Waals surface area (Å²) >= 11 is 1.57. The van der Waals surface area contributed by atoms with Crippen LogP contribution in [0.1, 0.15) is 24.3 Å². The molecule has 0 aromatic heterocycles. The molecule has 3 rings (SSSR count). The largest absolute Gasteiger partial charge is 0.480 e. The molecule has 1 aliphatic heterocycles. The van der Waals surface area contributed by atoms with Crippen LogP contribution >= 0.6 is 11.8 Å². The molecule has 3 nitrogen and oxygen atoms in total. The maximum Gasteiger partial charge on any atom is 0.325 e. The zero-order valence-electron chi connectivity index (χ0n) is 10.6. The average Bonchev–Trinajstić information content (AvgIpc) is 3.20. The van der Waals surface area contributed by atoms with Gasteiger partial charge in [0.1, 0.15) is 5.54 Å². The van der Waals surface area contributed by atoms with E-state index in [0.717, 1.165) is 6.42 Å². The van der Waals surface area contributed by atoms with E-state index in [4.69, 9.17) is 0 Å². The number of carboxylic acid groups (broad SMARTS) is 1. The summed E-state index contributed by atoms with van der Waals surface area (Å²) in [5.74, 6) is 0.341. The second-order valence-corrected chi connectivity index (χ2v) is 6.17. The van der Waals surface area contributed by atoms with Crippen LogP contribution < -0.4 is 5.32 Å². The maximum atomic E-state index is 11.6. The zero-order chi connectivity index (χ0) is 13.3. The summed E-state index contributed by atoms with van der Waals surface area (Å²) in [5, 5.41) is 14.9. The van der Waals surface area contributed by atoms with Crippen molar-refractivity contribution in [3.8, 4) is 0 Å². The lowest BCUT2D eigenvalue weighted by molar-refractivity contribution is -0.143. The Morgan fingerprint density at radius 1 is 1.37 bits per heavy atom. The van der Waals surface area contributed by atoms with Gasteiger partial charge in [-0.25, -0.2) is 0 Å². The SMILES string of the molecule is O=C(O)C1(NC2CC2c2ccccc2)CC=CSC1. The Kier molecular flexibility index (Phi) is 3.37. The van der Waals surface area contributed by atoms with Gasteiger partial charge < -0.3 is 5.11 Å². The molecular weight excluding hydrogens is 258 g/mol. The van der Waals surface area contributed by atoms with Crippen molar-refractivity contribution in [1.29, 1.82) is 0 Å². The first-order chi connectivity index (χ1) is 9.21. The molecule has 3 atom stereocenters. The molecule has 0 amide bonds. The highest BCUT2D eigenvalue weighted by Gasteiger charge is 2.47. The van der Waals surface area contributed by atoms with Gasteiger partial charge in [0.05, 0.1) is 0 Å². The van der Waals surface area contributed by atoms with Crippen molar-refractivity contribution < 1.29 is 9.90 Å². The molecular formula is C15H17NO2S. The third-order valence-electron chi connectivity index (χ3n) is 3.88. The standard InChI is InChI=1S/C15H17NO2S/c17-14(18)15(7-4-8-19-10-15)16-13-9-12(13)11-5-2-1-3-6-11/h1-6,8,12-13,16H,7,9-10H2,(H,17,18). The van der Waals surface area contributed by atoms with Crippen LogP contribution in [0, 0.1) is 0 Å². The van der Waals surface area contributed by atoms with E-state index >= 15 is 0 Å². The van der Waals surface area contributed by atoms with Gasteiger partial charge in [-0.2, -0.15) is 0 Å². The molecule has 0 bridgehead atoms. The van der Waals surface area contributed by atoms with Crippen LogP contribution in [0.2, 0.25) is 0 Å². The van der Waals surface area contributed by atoms with E-state index < -0.39 is 11.5 Å². The Morgan fingerprint density at radius 2 is 2.16 bits per heavy atom. The van der Waals surface area contributed by atoms with Gasteiger partial charge in [-0.3, -0.25) is 10.1 Å². The van der Waals surface area contributed by atoms with E-state index in [-0.39, 0.29) is 0 Å². The van der Waals surface area contributed by atoms with E-state index in [1.54, 1.807) is 11.8 Å². The molecule has 19 heavy (non-hydrogen) atoms. The number of benzene rings is 1. The van der Waals surface area contributed by atoms with Gasteiger partial charge in [0.2, 0.25) is 0 Å². The number of aliphatic carboxylic acids is 1. The van der Waals surface area contributed by atoms with Crippen molar-refractivity contribution >= 4 is 17.7 Å². The quantitative estimate of drug-likeness (QED) is 0.887. The molecule has 100 valence electrons. The van der Waals surface area contributed by atoms with E-state index in [1.807, 2.05) is 29.7 Å². The van der Waals surface area contributed by atoms with Crippen molar-refractivity contribution in [2.75, 3.05) is 5.75 Å². The van der Waals surface area contributed by atoms with Gasteiger partial charge in [0, 0.05) is 17.7 Å². The molecule has 0 saturated heterocycles. The molecule has 0 spiro atoms. The number of rotatable bonds is 4. The van der Waals surface area contributed by atoms with Crippen molar-refractivity contribution in [3.05, 3.63) is 47.4 Å². The summed E-state index contributed by atoms with van der Waals surface area (Å²) in [6.45, 7) is 0. The fourth-order valence-electron chi connectivity index (χ4n) is 2.66. The lowest BCUT2D eigenvalue weighted by Gasteiger charge is -2.31. The van der Waals surface area contributed by atoms with Gasteiger partial charge in [0.15, 0.2) is 0 Å². The van der Waals surface area contributed by atoms with E-state index in [0.29, 0.717) is 24.1 Å². The Morgan fingerprint density at radius 3 is 2.79 bits per heavy atom. The monoisotopic (exact) mass is 275 g/mol. The topological polar surface area (TPSA) is 49.3 Å². The van der Waals surface area contributed by atoms with Crippen LogP contribution in [-0.2, 0) is 4.79 Å². The van der Waals surface area contributed by atoms with Crippen LogP contribution in [0.4, 0.5) is 0 Å². The molecule has 1 fully saturated rings. The van der Waals surface area contributed by atoms with Crippen LogP contribution in [-0.4, -0.2) is 28.4 Å². The number of carbonyl (C=O) groups is 1. The normalized spacial score (nSPS) is 33.1. The first kappa shape index (κ1) is 12.8. The second kappa shape index (κ2) is 5.02. The number of hydrogen-bond donors (Lipinski definition) is 2. The maximum absolute atomic E-state index is 11.6. The predicted octanol–water partition coefficient (Wildman–Crippen LogP) is 2.61. The number of thioether (sulfide) groups is 1. The van der Waals surface area contributed by atoms with Crippen LogP contribution in [0.5, 0.6) is 0 Å². The average molecular weight is 275 g/mol. The smallest absolute Gasteiger partial charge is 0.325 e. The van der Waals surface area contributed by atoms with Crippen molar-refractivity contribution in [2.24, 2.45) is 0 Å². The highest BCUT2D eigenvalue weighted by molar-refractivity contribution is 8.02. The summed E-state index contributed by atoms with van der Waals surface area (Å²) in [6, 6.07) is 10.6. The molecule has 1 aliphatic carbocycles. The zero-order valence-corrected chi connectivity index (χ0v) is 11.4. The molecule has 4 heteroatoms. The summed E-state index contributed by atoms with van der Waals surface area (Å²) in [4.78, 5) is 11.6. The van der Waals surface area contributed by atoms with Crippen molar-refractivity contribution in [1.82, 2.24) is 5.32 Å². The number of hydrogen-bond acceptors (Lipinski definition) is 3. The Labute approximate surface area is 117 Å². The molecule has 1 aromatic carbocycles. The third kappa shape index (κ3) is 2.55. The van der Waals surface area contributed by atoms with E-state index in [1.165, 1.54) is 5.56 Å². The fraction of sp³-hybridized carbons (Fsp3) is 0.400. The molecule has 0 radical (unpaired) electrons. The molecule has 3 unspecified atom stereocenters. The van der Waals surface area contributed by atoms with E-state index in [9.17, 15) is 9.90 Å². The second-order valence-electron chi connectivity index (χ2n) is 5.28.